The summed E-state index contributed by atoms with van der Waals surface area (Å²) in [6.07, 6.45) is 0.564. The molecule has 2 aromatic carbocycles. The lowest BCUT2D eigenvalue weighted by Crippen LogP contribution is -2.05. The van der Waals surface area contributed by atoms with E-state index in [4.69, 9.17) is 16.2 Å². The lowest BCUT2D eigenvalue weighted by Gasteiger charge is -2.11. The maximum absolute atomic E-state index is 11.2. The van der Waals surface area contributed by atoms with Crippen LogP contribution < -0.4 is 16.2 Å². The normalized spacial score (nSPS) is 10.7. The summed E-state index contributed by atoms with van der Waals surface area (Å²) in [6, 6.07) is 13.1. The fraction of sp³-hybridized carbons (Fsp3) is 0.118. The highest BCUT2D eigenvalue weighted by atomic mass is 16.6. The zero-order valence-electron chi connectivity index (χ0n) is 13.0. The van der Waals surface area contributed by atoms with Crippen LogP contribution in [0.4, 0.5) is 17.2 Å². The van der Waals surface area contributed by atoms with Crippen molar-refractivity contribution in [2.24, 2.45) is 0 Å². The van der Waals surface area contributed by atoms with Gasteiger partial charge in [0.1, 0.15) is 11.4 Å². The lowest BCUT2D eigenvalue weighted by molar-refractivity contribution is -0.383. The van der Waals surface area contributed by atoms with Gasteiger partial charge in [0, 0.05) is 5.39 Å². The van der Waals surface area contributed by atoms with Crippen LogP contribution in [-0.4, -0.2) is 17.0 Å². The predicted molar refractivity (Wildman–Crippen MR) is 93.0 cm³/mol. The van der Waals surface area contributed by atoms with Crippen LogP contribution in [0.25, 0.3) is 10.9 Å². The molecule has 7 heteroatoms. The van der Waals surface area contributed by atoms with Crippen molar-refractivity contribution < 1.29 is 9.66 Å². The summed E-state index contributed by atoms with van der Waals surface area (Å²) in [7, 11) is 1.61. The summed E-state index contributed by atoms with van der Waals surface area (Å²) in [5.41, 5.74) is 13.8. The average molecular weight is 324 g/mol. The summed E-state index contributed by atoms with van der Waals surface area (Å²) in [6.45, 7) is 0. The van der Waals surface area contributed by atoms with Crippen molar-refractivity contribution in [1.82, 2.24) is 4.98 Å². The Bertz CT molecular complexity index is 923. The Labute approximate surface area is 138 Å². The predicted octanol–water partition coefficient (Wildman–Crippen LogP) is 2.91. The summed E-state index contributed by atoms with van der Waals surface area (Å²) < 4.78 is 5.15. The third kappa shape index (κ3) is 2.67. The fourth-order valence-corrected chi connectivity index (χ4v) is 2.73. The van der Waals surface area contributed by atoms with Gasteiger partial charge in [-0.3, -0.25) is 10.1 Å². The van der Waals surface area contributed by atoms with Gasteiger partial charge < -0.3 is 16.2 Å². The van der Waals surface area contributed by atoms with E-state index in [1.54, 1.807) is 13.2 Å². The number of nitrogen functional groups attached to an aromatic ring is 2. The average Bonchev–Trinajstić information content (AvgIpc) is 2.55. The summed E-state index contributed by atoms with van der Waals surface area (Å²) >= 11 is 0. The highest BCUT2D eigenvalue weighted by Gasteiger charge is 2.22. The van der Waals surface area contributed by atoms with E-state index in [1.807, 2.05) is 36.4 Å². The zero-order chi connectivity index (χ0) is 17.3. The van der Waals surface area contributed by atoms with E-state index in [0.29, 0.717) is 17.3 Å². The largest absolute Gasteiger partial charge is 0.497 e. The topological polar surface area (TPSA) is 117 Å². The zero-order valence-corrected chi connectivity index (χ0v) is 13.0. The summed E-state index contributed by atoms with van der Waals surface area (Å²) in [5.74, 6) is 0.591. The number of pyridine rings is 1. The molecular formula is C17H16N4O3. The Morgan fingerprint density at radius 2 is 1.88 bits per heavy atom. The molecule has 3 aromatic rings. The van der Waals surface area contributed by atoms with Gasteiger partial charge >= 0.3 is 5.69 Å². The third-order valence-corrected chi connectivity index (χ3v) is 3.87. The number of hydrogen-bond donors (Lipinski definition) is 2. The van der Waals surface area contributed by atoms with Gasteiger partial charge in [-0.2, -0.15) is 0 Å². The van der Waals surface area contributed by atoms with Gasteiger partial charge in [0.15, 0.2) is 0 Å². The lowest BCUT2D eigenvalue weighted by atomic mass is 9.99. The first-order valence-electron chi connectivity index (χ1n) is 7.25. The molecule has 0 saturated carbocycles. The minimum absolute atomic E-state index is 0.0478. The summed E-state index contributed by atoms with van der Waals surface area (Å²) in [5, 5.41) is 11.8. The number of rotatable bonds is 4. The van der Waals surface area contributed by atoms with Crippen LogP contribution >= 0.6 is 0 Å². The highest BCUT2D eigenvalue weighted by molar-refractivity contribution is 6.00. The van der Waals surface area contributed by atoms with Crippen LogP contribution in [0, 0.1) is 10.1 Å². The molecule has 0 saturated heterocycles. The fourth-order valence-electron chi connectivity index (χ4n) is 2.73. The van der Waals surface area contributed by atoms with E-state index in [2.05, 4.69) is 4.98 Å². The van der Waals surface area contributed by atoms with Gasteiger partial charge in [-0.15, -0.1) is 0 Å². The van der Waals surface area contributed by atoms with E-state index in [-0.39, 0.29) is 17.2 Å². The maximum atomic E-state index is 11.2. The number of methoxy groups -OCH3 is 1. The molecule has 0 atom stereocenters. The van der Waals surface area contributed by atoms with Gasteiger partial charge in [0.25, 0.3) is 0 Å². The minimum atomic E-state index is -0.596. The SMILES string of the molecule is COc1ccc(Cc2cccc3nc(N)c([N+](=O)[O-])c(N)c23)cc1. The second-order valence-electron chi connectivity index (χ2n) is 5.35. The molecule has 1 aromatic heterocycles. The number of aromatic nitrogens is 1. The molecule has 0 aliphatic rings. The van der Waals surface area contributed by atoms with Gasteiger partial charge in [-0.1, -0.05) is 24.3 Å². The number of fused-ring (bicyclic) bond motifs is 1. The molecule has 3 rings (SSSR count). The first kappa shape index (κ1) is 15.5. The molecule has 7 nitrogen and oxygen atoms in total. The van der Waals surface area contributed by atoms with E-state index in [0.717, 1.165) is 16.9 Å². The molecule has 0 aliphatic heterocycles. The standard InChI is InChI=1S/C17H16N4O3/c1-24-12-7-5-10(6-8-12)9-11-3-2-4-13-14(11)15(18)16(21(22)23)17(19)20-13/h2-8H,9H2,1H3,(H4,18,19,20). The van der Waals surface area contributed by atoms with Crippen LogP contribution in [0.15, 0.2) is 42.5 Å². The number of ether oxygens (including phenoxy) is 1. The van der Waals surface area contributed by atoms with Gasteiger partial charge in [0.2, 0.25) is 5.82 Å². The molecular weight excluding hydrogens is 308 g/mol. The minimum Gasteiger partial charge on any atom is -0.497 e. The quantitative estimate of drug-likeness (QED) is 0.563. The van der Waals surface area contributed by atoms with E-state index in [1.165, 1.54) is 0 Å². The molecule has 122 valence electrons. The van der Waals surface area contributed by atoms with Crippen LogP contribution in [0.2, 0.25) is 0 Å². The molecule has 0 unspecified atom stereocenters. The Kier molecular flexibility index (Phi) is 3.91. The van der Waals surface area contributed by atoms with Crippen molar-refractivity contribution in [3.8, 4) is 5.75 Å². The number of benzene rings is 2. The number of anilines is 2. The van der Waals surface area contributed by atoms with Crippen molar-refractivity contribution in [2.75, 3.05) is 18.6 Å². The monoisotopic (exact) mass is 324 g/mol. The van der Waals surface area contributed by atoms with E-state index >= 15 is 0 Å². The second-order valence-corrected chi connectivity index (χ2v) is 5.35. The van der Waals surface area contributed by atoms with Crippen molar-refractivity contribution >= 4 is 28.1 Å². The smallest absolute Gasteiger partial charge is 0.334 e. The molecule has 0 bridgehead atoms. The van der Waals surface area contributed by atoms with Gasteiger partial charge in [-0.05, 0) is 35.7 Å². The summed E-state index contributed by atoms with van der Waals surface area (Å²) in [4.78, 5) is 14.7. The van der Waals surface area contributed by atoms with Gasteiger partial charge in [-0.25, -0.2) is 4.98 Å². The molecule has 4 N–H and O–H groups in total. The first-order valence-corrected chi connectivity index (χ1v) is 7.25. The number of nitro groups is 1. The Morgan fingerprint density at radius 1 is 1.17 bits per heavy atom. The van der Waals surface area contributed by atoms with Crippen LogP contribution in [-0.2, 0) is 6.42 Å². The molecule has 0 radical (unpaired) electrons. The van der Waals surface area contributed by atoms with E-state index < -0.39 is 4.92 Å². The second kappa shape index (κ2) is 6.04. The molecule has 1 heterocycles. The van der Waals surface area contributed by atoms with Crippen LogP contribution in [0.1, 0.15) is 11.1 Å². The first-order chi connectivity index (χ1) is 11.5. The Balaban J connectivity index is 2.13. The Hall–Kier alpha value is -3.35. The van der Waals surface area contributed by atoms with E-state index in [9.17, 15) is 10.1 Å². The Morgan fingerprint density at radius 3 is 2.50 bits per heavy atom. The molecule has 24 heavy (non-hydrogen) atoms. The number of hydrogen-bond acceptors (Lipinski definition) is 6. The van der Waals surface area contributed by atoms with Crippen molar-refractivity contribution in [3.05, 3.63) is 63.7 Å². The van der Waals surface area contributed by atoms with Crippen molar-refractivity contribution in [2.45, 2.75) is 6.42 Å². The highest BCUT2D eigenvalue weighted by Crippen LogP contribution is 2.36. The maximum Gasteiger partial charge on any atom is 0.334 e. The third-order valence-electron chi connectivity index (χ3n) is 3.87. The molecule has 0 amide bonds. The van der Waals surface area contributed by atoms with Crippen LogP contribution in [0.5, 0.6) is 5.75 Å². The van der Waals surface area contributed by atoms with Crippen molar-refractivity contribution in [1.29, 1.82) is 0 Å². The van der Waals surface area contributed by atoms with Crippen LogP contribution in [0.3, 0.4) is 0 Å². The van der Waals surface area contributed by atoms with Crippen molar-refractivity contribution in [3.63, 3.8) is 0 Å². The number of nitrogens with two attached hydrogens (primary N) is 2. The van der Waals surface area contributed by atoms with Gasteiger partial charge in [0.05, 0.1) is 17.5 Å². The molecule has 0 fully saturated rings. The number of nitrogens with zero attached hydrogens (tertiary/aromatic N) is 2. The molecule has 0 spiro atoms. The molecule has 0 aliphatic carbocycles.